The molecule has 0 amide bonds. The van der Waals surface area contributed by atoms with Gasteiger partial charge in [0.25, 0.3) is 0 Å². The van der Waals surface area contributed by atoms with Gasteiger partial charge in [-0.1, -0.05) is 42.5 Å². The van der Waals surface area contributed by atoms with E-state index in [0.717, 1.165) is 18.7 Å². The van der Waals surface area contributed by atoms with Gasteiger partial charge in [0.05, 0.1) is 13.6 Å². The molecule has 0 aliphatic heterocycles. The van der Waals surface area contributed by atoms with Crippen LogP contribution in [0.2, 0.25) is 0 Å². The third-order valence-corrected chi connectivity index (χ3v) is 3.16. The van der Waals surface area contributed by atoms with Crippen molar-refractivity contribution < 1.29 is 10.1 Å². The Bertz CT molecular complexity index is 496. The monoisotopic (exact) mass is 256 g/mol. The molecule has 2 N–H and O–H groups in total. The molecule has 0 aliphatic carbocycles. The standard InChI is InChI=1S/C17H21NO/c1-14-7-6-10-16(13-14)19-17(11-12-18-2)15-8-4-3-5-9-15/h3-10,13,17-18H,11-12H2,1-2H3/p+1. The Kier molecular flexibility index (Phi) is 4.99. The van der Waals surface area contributed by atoms with Crippen LogP contribution in [-0.2, 0) is 0 Å². The van der Waals surface area contributed by atoms with E-state index in [2.05, 4.69) is 55.7 Å². The van der Waals surface area contributed by atoms with Crippen molar-refractivity contribution in [3.8, 4) is 5.75 Å². The second kappa shape index (κ2) is 6.95. The molecule has 0 aromatic heterocycles. The van der Waals surface area contributed by atoms with Crippen LogP contribution in [0.4, 0.5) is 0 Å². The molecular weight excluding hydrogens is 234 g/mol. The van der Waals surface area contributed by atoms with Gasteiger partial charge in [-0.3, -0.25) is 0 Å². The third-order valence-electron chi connectivity index (χ3n) is 3.16. The maximum atomic E-state index is 6.16. The Labute approximate surface area is 115 Å². The summed E-state index contributed by atoms with van der Waals surface area (Å²) in [6.07, 6.45) is 1.13. The lowest BCUT2D eigenvalue weighted by Gasteiger charge is -2.19. The van der Waals surface area contributed by atoms with Gasteiger partial charge in [-0.2, -0.15) is 0 Å². The zero-order valence-electron chi connectivity index (χ0n) is 11.7. The smallest absolute Gasteiger partial charge is 0.129 e. The lowest BCUT2D eigenvalue weighted by molar-refractivity contribution is -0.628. The third kappa shape index (κ3) is 4.11. The van der Waals surface area contributed by atoms with Crippen LogP contribution < -0.4 is 10.1 Å². The highest BCUT2D eigenvalue weighted by Gasteiger charge is 2.13. The van der Waals surface area contributed by atoms with Crippen LogP contribution >= 0.6 is 0 Å². The molecule has 0 bridgehead atoms. The van der Waals surface area contributed by atoms with Gasteiger partial charge in [0.2, 0.25) is 0 Å². The van der Waals surface area contributed by atoms with Gasteiger partial charge in [0, 0.05) is 6.42 Å². The largest absolute Gasteiger partial charge is 0.485 e. The predicted octanol–water partition coefficient (Wildman–Crippen LogP) is 2.70. The van der Waals surface area contributed by atoms with Crippen molar-refractivity contribution >= 4 is 0 Å². The maximum Gasteiger partial charge on any atom is 0.129 e. The second-order valence-electron chi connectivity index (χ2n) is 4.82. The Balaban J connectivity index is 2.14. The highest BCUT2D eigenvalue weighted by atomic mass is 16.5. The lowest BCUT2D eigenvalue weighted by Crippen LogP contribution is -2.79. The minimum Gasteiger partial charge on any atom is -0.485 e. The molecule has 2 rings (SSSR count). The zero-order valence-corrected chi connectivity index (χ0v) is 11.7. The Morgan fingerprint density at radius 1 is 1.05 bits per heavy atom. The van der Waals surface area contributed by atoms with Crippen molar-refractivity contribution in [3.05, 3.63) is 65.7 Å². The van der Waals surface area contributed by atoms with Gasteiger partial charge in [0.15, 0.2) is 0 Å². The van der Waals surface area contributed by atoms with Crippen LogP contribution in [0.3, 0.4) is 0 Å². The van der Waals surface area contributed by atoms with Crippen molar-refractivity contribution in [2.24, 2.45) is 0 Å². The molecule has 2 aromatic carbocycles. The van der Waals surface area contributed by atoms with Crippen molar-refractivity contribution in [3.63, 3.8) is 0 Å². The summed E-state index contributed by atoms with van der Waals surface area (Å²) in [4.78, 5) is 0. The molecule has 0 fully saturated rings. The molecule has 0 saturated heterocycles. The summed E-state index contributed by atoms with van der Waals surface area (Å²) in [7, 11) is 2.09. The quantitative estimate of drug-likeness (QED) is 0.845. The van der Waals surface area contributed by atoms with E-state index in [0.29, 0.717) is 0 Å². The first-order valence-corrected chi connectivity index (χ1v) is 6.85. The van der Waals surface area contributed by atoms with Gasteiger partial charge >= 0.3 is 0 Å². The summed E-state index contributed by atoms with van der Waals surface area (Å²) >= 11 is 0. The van der Waals surface area contributed by atoms with Crippen molar-refractivity contribution in [2.45, 2.75) is 19.4 Å². The summed E-state index contributed by atoms with van der Waals surface area (Å²) in [6, 6.07) is 18.7. The van der Waals surface area contributed by atoms with Crippen LogP contribution in [0, 0.1) is 6.92 Å². The number of aryl methyl sites for hydroxylation is 1. The number of rotatable bonds is 6. The number of quaternary nitrogens is 1. The van der Waals surface area contributed by atoms with Crippen LogP contribution in [0.25, 0.3) is 0 Å². The summed E-state index contributed by atoms with van der Waals surface area (Å²) in [5.74, 6) is 0.949. The van der Waals surface area contributed by atoms with Gasteiger partial charge in [-0.05, 0) is 30.2 Å². The fraction of sp³-hybridized carbons (Fsp3) is 0.294. The number of ether oxygens (including phenoxy) is 1. The average Bonchev–Trinajstić information content (AvgIpc) is 2.44. The number of hydrogen-bond acceptors (Lipinski definition) is 1. The Morgan fingerprint density at radius 3 is 2.53 bits per heavy atom. The molecule has 0 spiro atoms. The second-order valence-corrected chi connectivity index (χ2v) is 4.82. The van der Waals surface area contributed by atoms with Gasteiger partial charge < -0.3 is 10.1 Å². The van der Waals surface area contributed by atoms with Gasteiger partial charge in [0.1, 0.15) is 11.9 Å². The number of benzene rings is 2. The molecule has 0 saturated carbocycles. The number of nitrogens with two attached hydrogens (primary N) is 1. The fourth-order valence-corrected chi connectivity index (χ4v) is 2.13. The fourth-order valence-electron chi connectivity index (χ4n) is 2.13. The first-order valence-electron chi connectivity index (χ1n) is 6.85. The van der Waals surface area contributed by atoms with Gasteiger partial charge in [-0.15, -0.1) is 0 Å². The van der Waals surface area contributed by atoms with Crippen LogP contribution in [0.5, 0.6) is 5.75 Å². The van der Waals surface area contributed by atoms with Crippen LogP contribution in [-0.4, -0.2) is 13.6 Å². The summed E-state index contributed by atoms with van der Waals surface area (Å²) in [6.45, 7) is 3.15. The summed E-state index contributed by atoms with van der Waals surface area (Å²) in [5.41, 5.74) is 2.47. The molecule has 100 valence electrons. The normalized spacial score (nSPS) is 12.1. The molecule has 1 unspecified atom stereocenters. The SMILES string of the molecule is C[NH2+]CCC(Oc1cccc(C)c1)c1ccccc1. The molecule has 2 heteroatoms. The van der Waals surface area contributed by atoms with E-state index in [1.807, 2.05) is 18.2 Å². The minimum atomic E-state index is 0.124. The van der Waals surface area contributed by atoms with E-state index in [1.54, 1.807) is 0 Å². The molecule has 2 aromatic rings. The van der Waals surface area contributed by atoms with Gasteiger partial charge in [-0.25, -0.2) is 0 Å². The molecule has 0 aliphatic rings. The molecule has 2 nitrogen and oxygen atoms in total. The molecule has 0 radical (unpaired) electrons. The molecule has 0 heterocycles. The van der Waals surface area contributed by atoms with Crippen molar-refractivity contribution in [1.29, 1.82) is 0 Å². The first kappa shape index (κ1) is 13.6. The predicted molar refractivity (Wildman–Crippen MR) is 78.3 cm³/mol. The van der Waals surface area contributed by atoms with Crippen LogP contribution in [0.15, 0.2) is 54.6 Å². The van der Waals surface area contributed by atoms with E-state index in [9.17, 15) is 0 Å². The summed E-state index contributed by atoms with van der Waals surface area (Å²) < 4.78 is 6.16. The zero-order chi connectivity index (χ0) is 13.5. The summed E-state index contributed by atoms with van der Waals surface area (Å²) in [5, 5.41) is 2.19. The first-order chi connectivity index (χ1) is 9.29. The van der Waals surface area contributed by atoms with E-state index in [-0.39, 0.29) is 6.10 Å². The maximum absolute atomic E-state index is 6.16. The van der Waals surface area contributed by atoms with E-state index >= 15 is 0 Å². The van der Waals surface area contributed by atoms with Crippen molar-refractivity contribution in [1.82, 2.24) is 0 Å². The molecule has 1 atom stereocenters. The van der Waals surface area contributed by atoms with E-state index in [1.165, 1.54) is 11.1 Å². The van der Waals surface area contributed by atoms with Crippen molar-refractivity contribution in [2.75, 3.05) is 13.6 Å². The van der Waals surface area contributed by atoms with Crippen LogP contribution in [0.1, 0.15) is 23.7 Å². The Morgan fingerprint density at radius 2 is 1.84 bits per heavy atom. The minimum absolute atomic E-state index is 0.124. The molecule has 19 heavy (non-hydrogen) atoms. The lowest BCUT2D eigenvalue weighted by atomic mass is 10.1. The molecular formula is C17H22NO+. The number of hydrogen-bond donors (Lipinski definition) is 1. The topological polar surface area (TPSA) is 25.8 Å². The average molecular weight is 256 g/mol. The van der Waals surface area contributed by atoms with E-state index < -0.39 is 0 Å². The highest BCUT2D eigenvalue weighted by molar-refractivity contribution is 5.29. The van der Waals surface area contributed by atoms with E-state index in [4.69, 9.17) is 4.74 Å². The Hall–Kier alpha value is -1.80. The highest BCUT2D eigenvalue weighted by Crippen LogP contribution is 2.24.